The van der Waals surface area contributed by atoms with Crippen molar-refractivity contribution >= 4 is 5.69 Å². The van der Waals surface area contributed by atoms with Gasteiger partial charge in [0.1, 0.15) is 0 Å². The predicted molar refractivity (Wildman–Crippen MR) is 78.7 cm³/mol. The topological polar surface area (TPSA) is 24.5 Å². The van der Waals surface area contributed by atoms with Crippen LogP contribution in [-0.4, -0.2) is 43.3 Å². The molecule has 3 atom stereocenters. The number of para-hydroxylation sites is 1. The number of ether oxygens (including phenoxy) is 1. The Morgan fingerprint density at radius 1 is 1.21 bits per heavy atom. The average molecular weight is 260 g/mol. The van der Waals surface area contributed by atoms with Crippen molar-refractivity contribution in [1.82, 2.24) is 4.90 Å². The van der Waals surface area contributed by atoms with Crippen LogP contribution in [0.2, 0.25) is 0 Å². The van der Waals surface area contributed by atoms with E-state index in [1.807, 2.05) is 0 Å². The van der Waals surface area contributed by atoms with E-state index in [1.165, 1.54) is 24.2 Å². The minimum atomic E-state index is 0.373. The number of nitrogens with one attached hydrogen (secondary N) is 1. The van der Waals surface area contributed by atoms with Crippen LogP contribution in [0.4, 0.5) is 5.69 Å². The van der Waals surface area contributed by atoms with Crippen LogP contribution < -0.4 is 5.32 Å². The van der Waals surface area contributed by atoms with E-state index < -0.39 is 0 Å². The molecule has 1 aromatic rings. The van der Waals surface area contributed by atoms with Crippen molar-refractivity contribution in [3.05, 3.63) is 29.8 Å². The van der Waals surface area contributed by atoms with Gasteiger partial charge in [-0.3, -0.25) is 4.90 Å². The van der Waals surface area contributed by atoms with Gasteiger partial charge in [-0.2, -0.15) is 0 Å². The standard InChI is InChI=1S/C16H24N2O/c1-12-10-18(11-13(2)19-12)8-7-14-9-17-16-6-4-3-5-15(14)16/h3-6,12-14,17H,7-11H2,1-2H3. The van der Waals surface area contributed by atoms with Gasteiger partial charge in [0.2, 0.25) is 0 Å². The van der Waals surface area contributed by atoms with Gasteiger partial charge >= 0.3 is 0 Å². The highest BCUT2D eigenvalue weighted by Gasteiger charge is 2.25. The number of anilines is 1. The first-order chi connectivity index (χ1) is 9.22. The summed E-state index contributed by atoms with van der Waals surface area (Å²) in [6.45, 7) is 8.77. The maximum absolute atomic E-state index is 5.79. The molecule has 2 heterocycles. The second-order valence-electron chi connectivity index (χ2n) is 5.97. The fraction of sp³-hybridized carbons (Fsp3) is 0.625. The van der Waals surface area contributed by atoms with E-state index in [1.54, 1.807) is 0 Å². The fourth-order valence-corrected chi connectivity index (χ4v) is 3.42. The van der Waals surface area contributed by atoms with Gasteiger partial charge in [-0.1, -0.05) is 18.2 Å². The van der Waals surface area contributed by atoms with Gasteiger partial charge in [0.15, 0.2) is 0 Å². The Kier molecular flexibility index (Phi) is 3.76. The summed E-state index contributed by atoms with van der Waals surface area (Å²) < 4.78 is 5.79. The zero-order valence-corrected chi connectivity index (χ0v) is 11.9. The molecule has 0 aromatic heterocycles. The van der Waals surface area contributed by atoms with Crippen molar-refractivity contribution in [1.29, 1.82) is 0 Å². The van der Waals surface area contributed by atoms with Gasteiger partial charge in [-0.05, 0) is 38.4 Å². The first kappa shape index (κ1) is 12.9. The van der Waals surface area contributed by atoms with Gasteiger partial charge in [-0.25, -0.2) is 0 Å². The van der Waals surface area contributed by atoms with Crippen molar-refractivity contribution in [2.24, 2.45) is 0 Å². The maximum Gasteiger partial charge on any atom is 0.0678 e. The number of benzene rings is 1. The van der Waals surface area contributed by atoms with Crippen LogP contribution in [0.3, 0.4) is 0 Å². The summed E-state index contributed by atoms with van der Waals surface area (Å²) in [5, 5.41) is 3.51. The molecule has 0 spiro atoms. The highest BCUT2D eigenvalue weighted by Crippen LogP contribution is 2.33. The lowest BCUT2D eigenvalue weighted by Crippen LogP contribution is -2.45. The van der Waals surface area contributed by atoms with E-state index in [2.05, 4.69) is 48.3 Å². The van der Waals surface area contributed by atoms with Crippen LogP contribution in [0.5, 0.6) is 0 Å². The molecule has 2 aliphatic rings. The maximum atomic E-state index is 5.79. The van der Waals surface area contributed by atoms with Gasteiger partial charge in [-0.15, -0.1) is 0 Å². The van der Waals surface area contributed by atoms with Crippen molar-refractivity contribution in [3.63, 3.8) is 0 Å². The van der Waals surface area contributed by atoms with E-state index in [0.29, 0.717) is 18.1 Å². The Labute approximate surface area is 115 Å². The Morgan fingerprint density at radius 3 is 2.74 bits per heavy atom. The largest absolute Gasteiger partial charge is 0.384 e. The molecule has 19 heavy (non-hydrogen) atoms. The van der Waals surface area contributed by atoms with Gasteiger partial charge in [0.25, 0.3) is 0 Å². The number of morpholine rings is 1. The normalized spacial score (nSPS) is 30.9. The first-order valence-electron chi connectivity index (χ1n) is 7.43. The lowest BCUT2D eigenvalue weighted by Gasteiger charge is -2.35. The van der Waals surface area contributed by atoms with Crippen LogP contribution in [0, 0.1) is 0 Å². The van der Waals surface area contributed by atoms with Crippen molar-refractivity contribution in [2.75, 3.05) is 31.5 Å². The Hall–Kier alpha value is -1.06. The molecule has 2 aliphatic heterocycles. The third kappa shape index (κ3) is 2.93. The Morgan fingerprint density at radius 2 is 1.95 bits per heavy atom. The fourth-order valence-electron chi connectivity index (χ4n) is 3.42. The summed E-state index contributed by atoms with van der Waals surface area (Å²) in [6.07, 6.45) is 1.99. The monoisotopic (exact) mass is 260 g/mol. The van der Waals surface area contributed by atoms with E-state index in [9.17, 15) is 0 Å². The molecule has 1 fully saturated rings. The number of hydrogen-bond donors (Lipinski definition) is 1. The molecule has 0 aliphatic carbocycles. The summed E-state index contributed by atoms with van der Waals surface area (Å²) in [6, 6.07) is 8.72. The first-order valence-corrected chi connectivity index (χ1v) is 7.43. The van der Waals surface area contributed by atoms with Gasteiger partial charge < -0.3 is 10.1 Å². The van der Waals surface area contributed by atoms with E-state index in [4.69, 9.17) is 4.74 Å². The Balaban J connectivity index is 1.56. The van der Waals surface area contributed by atoms with Crippen LogP contribution in [0.25, 0.3) is 0 Å². The smallest absolute Gasteiger partial charge is 0.0678 e. The van der Waals surface area contributed by atoms with E-state index >= 15 is 0 Å². The second-order valence-corrected chi connectivity index (χ2v) is 5.97. The van der Waals surface area contributed by atoms with E-state index in [0.717, 1.165) is 19.6 Å². The molecule has 3 rings (SSSR count). The lowest BCUT2D eigenvalue weighted by atomic mass is 9.97. The summed E-state index contributed by atoms with van der Waals surface area (Å²) in [5.74, 6) is 0.671. The quantitative estimate of drug-likeness (QED) is 0.904. The average Bonchev–Trinajstić information content (AvgIpc) is 2.78. The highest BCUT2D eigenvalue weighted by atomic mass is 16.5. The zero-order valence-electron chi connectivity index (χ0n) is 11.9. The van der Waals surface area contributed by atoms with E-state index in [-0.39, 0.29) is 0 Å². The van der Waals surface area contributed by atoms with Crippen molar-refractivity contribution in [2.45, 2.75) is 38.4 Å². The van der Waals surface area contributed by atoms with Gasteiger partial charge in [0.05, 0.1) is 12.2 Å². The molecule has 1 aromatic carbocycles. The molecule has 0 radical (unpaired) electrons. The van der Waals surface area contributed by atoms with Crippen LogP contribution >= 0.6 is 0 Å². The summed E-state index contributed by atoms with van der Waals surface area (Å²) >= 11 is 0. The molecule has 3 unspecified atom stereocenters. The summed E-state index contributed by atoms with van der Waals surface area (Å²) in [7, 11) is 0. The molecule has 3 nitrogen and oxygen atoms in total. The third-order valence-corrected chi connectivity index (χ3v) is 4.23. The molecular weight excluding hydrogens is 236 g/mol. The van der Waals surface area contributed by atoms with Crippen molar-refractivity contribution < 1.29 is 4.74 Å². The minimum Gasteiger partial charge on any atom is -0.384 e. The zero-order chi connectivity index (χ0) is 13.2. The van der Waals surface area contributed by atoms with Gasteiger partial charge in [0, 0.05) is 31.2 Å². The molecule has 1 N–H and O–H groups in total. The van der Waals surface area contributed by atoms with Crippen molar-refractivity contribution in [3.8, 4) is 0 Å². The van der Waals surface area contributed by atoms with Crippen LogP contribution in [0.1, 0.15) is 31.7 Å². The minimum absolute atomic E-state index is 0.373. The highest BCUT2D eigenvalue weighted by molar-refractivity contribution is 5.57. The molecular formula is C16H24N2O. The predicted octanol–water partition coefficient (Wildman–Crippen LogP) is 2.70. The number of nitrogens with zero attached hydrogens (tertiary/aromatic N) is 1. The number of rotatable bonds is 3. The Bertz CT molecular complexity index is 425. The molecule has 3 heteroatoms. The van der Waals surface area contributed by atoms with Crippen LogP contribution in [0.15, 0.2) is 24.3 Å². The summed E-state index contributed by atoms with van der Waals surface area (Å²) in [5.41, 5.74) is 2.83. The molecule has 1 saturated heterocycles. The second kappa shape index (κ2) is 5.51. The van der Waals surface area contributed by atoms with Crippen LogP contribution in [-0.2, 0) is 4.74 Å². The molecule has 0 amide bonds. The third-order valence-electron chi connectivity index (χ3n) is 4.23. The number of fused-ring (bicyclic) bond motifs is 1. The number of hydrogen-bond acceptors (Lipinski definition) is 3. The molecule has 104 valence electrons. The molecule has 0 bridgehead atoms. The lowest BCUT2D eigenvalue weighted by molar-refractivity contribution is -0.0683. The summed E-state index contributed by atoms with van der Waals surface area (Å²) in [4.78, 5) is 2.56. The molecule has 0 saturated carbocycles. The SMILES string of the molecule is CC1CN(CCC2CNc3ccccc32)CC(C)O1.